The quantitative estimate of drug-likeness (QED) is 0.420. The van der Waals surface area contributed by atoms with Gasteiger partial charge in [0, 0.05) is 12.1 Å². The van der Waals surface area contributed by atoms with Crippen LogP contribution in [0.1, 0.15) is 20.3 Å². The van der Waals surface area contributed by atoms with Crippen molar-refractivity contribution in [2.45, 2.75) is 38.0 Å². The zero-order valence-electron chi connectivity index (χ0n) is 6.99. The van der Waals surface area contributed by atoms with Crippen LogP contribution in [-0.4, -0.2) is 39.7 Å². The van der Waals surface area contributed by atoms with Gasteiger partial charge in [0.25, 0.3) is 0 Å². The van der Waals surface area contributed by atoms with Crippen LogP contribution in [0.25, 0.3) is 0 Å². The van der Waals surface area contributed by atoms with Crippen molar-refractivity contribution >= 4 is 0 Å². The molecule has 0 aliphatic carbocycles. The molecule has 0 heterocycles. The topological polar surface area (TPSA) is 86.7 Å². The molecule has 11 heavy (non-hydrogen) atoms. The van der Waals surface area contributed by atoms with Crippen molar-refractivity contribution in [1.82, 2.24) is 0 Å². The van der Waals surface area contributed by atoms with E-state index in [1.165, 1.54) is 0 Å². The van der Waals surface area contributed by atoms with Crippen LogP contribution in [-0.2, 0) is 0 Å². The summed E-state index contributed by atoms with van der Waals surface area (Å²) in [7, 11) is 0. The van der Waals surface area contributed by atoms with Crippen molar-refractivity contribution in [2.75, 3.05) is 6.61 Å². The molecule has 0 aliphatic rings. The second kappa shape index (κ2) is 4.01. The van der Waals surface area contributed by atoms with Gasteiger partial charge >= 0.3 is 0 Å². The number of hydrogen-bond donors (Lipinski definition) is 4. The van der Waals surface area contributed by atoms with Gasteiger partial charge in [-0.1, -0.05) is 0 Å². The first-order valence-corrected chi connectivity index (χ1v) is 3.65. The molecule has 0 spiro atoms. The predicted molar refractivity (Wildman–Crippen MR) is 42.0 cm³/mol. The summed E-state index contributed by atoms with van der Waals surface area (Å²) in [6.45, 7) is 3.10. The molecule has 0 bridgehead atoms. The molecule has 0 aromatic rings. The predicted octanol–water partition coefficient (Wildman–Crippen LogP) is -1.17. The molecule has 0 radical (unpaired) electrons. The fraction of sp³-hybridized carbons (Fsp3) is 1.00. The van der Waals surface area contributed by atoms with Gasteiger partial charge < -0.3 is 21.1 Å². The van der Waals surface area contributed by atoms with Crippen molar-refractivity contribution in [3.8, 4) is 0 Å². The van der Waals surface area contributed by atoms with Crippen LogP contribution in [0.3, 0.4) is 0 Å². The second-order valence-corrected chi connectivity index (χ2v) is 3.35. The van der Waals surface area contributed by atoms with E-state index in [1.54, 1.807) is 13.8 Å². The second-order valence-electron chi connectivity index (χ2n) is 3.35. The Kier molecular flexibility index (Phi) is 3.96. The summed E-state index contributed by atoms with van der Waals surface area (Å²) < 4.78 is 0. The smallest absolute Gasteiger partial charge is 0.0973 e. The van der Waals surface area contributed by atoms with Gasteiger partial charge in [0.15, 0.2) is 0 Å². The fourth-order valence-electron chi connectivity index (χ4n) is 0.786. The Balaban J connectivity index is 3.91. The highest BCUT2D eigenvalue weighted by molar-refractivity contribution is 4.86. The molecule has 0 aliphatic heterocycles. The Morgan fingerprint density at radius 1 is 1.36 bits per heavy atom. The summed E-state index contributed by atoms with van der Waals surface area (Å²) in [6, 6.07) is 0. The van der Waals surface area contributed by atoms with E-state index in [9.17, 15) is 5.11 Å². The number of nitrogens with two attached hydrogens (primary N) is 1. The van der Waals surface area contributed by atoms with E-state index in [1.807, 2.05) is 0 Å². The van der Waals surface area contributed by atoms with Gasteiger partial charge in [-0.3, -0.25) is 0 Å². The third-order valence-electron chi connectivity index (χ3n) is 1.55. The molecule has 0 amide bonds. The van der Waals surface area contributed by atoms with Gasteiger partial charge in [0.1, 0.15) is 0 Å². The summed E-state index contributed by atoms with van der Waals surface area (Å²) in [4.78, 5) is 0. The lowest BCUT2D eigenvalue weighted by molar-refractivity contribution is -0.0289. The normalized spacial score (nSPS) is 18.0. The zero-order valence-corrected chi connectivity index (χ0v) is 6.99. The van der Waals surface area contributed by atoms with Crippen molar-refractivity contribution in [3.05, 3.63) is 0 Å². The highest BCUT2D eigenvalue weighted by Crippen LogP contribution is 2.10. The van der Waals surface area contributed by atoms with Crippen molar-refractivity contribution in [3.63, 3.8) is 0 Å². The van der Waals surface area contributed by atoms with E-state index in [4.69, 9.17) is 15.9 Å². The first kappa shape index (κ1) is 10.8. The highest BCUT2D eigenvalue weighted by atomic mass is 16.3. The van der Waals surface area contributed by atoms with E-state index >= 15 is 0 Å². The minimum Gasteiger partial charge on any atom is -0.396 e. The van der Waals surface area contributed by atoms with Gasteiger partial charge in [0.05, 0.1) is 12.2 Å². The number of hydrogen-bond acceptors (Lipinski definition) is 4. The number of aliphatic hydroxyl groups excluding tert-OH is 3. The summed E-state index contributed by atoms with van der Waals surface area (Å²) in [5, 5.41) is 26.9. The summed E-state index contributed by atoms with van der Waals surface area (Å²) >= 11 is 0. The number of aliphatic hydroxyl groups is 3. The van der Waals surface area contributed by atoms with Crippen LogP contribution in [0.15, 0.2) is 0 Å². The zero-order chi connectivity index (χ0) is 9.07. The van der Waals surface area contributed by atoms with Gasteiger partial charge in [-0.25, -0.2) is 0 Å². The molecule has 4 nitrogen and oxygen atoms in total. The molecule has 0 fully saturated rings. The monoisotopic (exact) mass is 163 g/mol. The number of rotatable bonds is 4. The summed E-state index contributed by atoms with van der Waals surface area (Å²) in [5.41, 5.74) is 4.69. The lowest BCUT2D eigenvalue weighted by Crippen LogP contribution is -2.51. The van der Waals surface area contributed by atoms with Crippen molar-refractivity contribution in [2.24, 2.45) is 5.73 Å². The van der Waals surface area contributed by atoms with Gasteiger partial charge in [-0.05, 0) is 20.3 Å². The lowest BCUT2D eigenvalue weighted by Gasteiger charge is -2.29. The van der Waals surface area contributed by atoms with Crippen LogP contribution >= 0.6 is 0 Å². The molecule has 0 rings (SSSR count). The van der Waals surface area contributed by atoms with E-state index in [0.29, 0.717) is 0 Å². The molecule has 5 N–H and O–H groups in total. The Hall–Kier alpha value is -0.160. The first-order chi connectivity index (χ1) is 4.89. The van der Waals surface area contributed by atoms with Crippen LogP contribution < -0.4 is 5.73 Å². The maximum absolute atomic E-state index is 9.30. The van der Waals surface area contributed by atoms with E-state index in [-0.39, 0.29) is 13.0 Å². The molecule has 0 aromatic carbocycles. The standard InChI is InChI=1S/C7H17NO3/c1-7(2,8)6(11)5(10)3-4-9/h5-6,9-11H,3-4,8H2,1-2H3. The molecule has 0 saturated heterocycles. The SMILES string of the molecule is CC(C)(N)C(O)C(O)CCO. The molecule has 2 atom stereocenters. The molecule has 0 aromatic heterocycles. The Morgan fingerprint density at radius 3 is 2.09 bits per heavy atom. The first-order valence-electron chi connectivity index (χ1n) is 3.65. The molecular formula is C7H17NO3. The maximum Gasteiger partial charge on any atom is 0.0973 e. The van der Waals surface area contributed by atoms with E-state index in [0.717, 1.165) is 0 Å². The van der Waals surface area contributed by atoms with Gasteiger partial charge in [0.2, 0.25) is 0 Å². The average Bonchev–Trinajstić information content (AvgIpc) is 1.85. The van der Waals surface area contributed by atoms with Crippen LogP contribution in [0.2, 0.25) is 0 Å². The Labute approximate surface area is 66.7 Å². The van der Waals surface area contributed by atoms with Crippen LogP contribution in [0.5, 0.6) is 0 Å². The molecule has 2 unspecified atom stereocenters. The third-order valence-corrected chi connectivity index (χ3v) is 1.55. The molecular weight excluding hydrogens is 146 g/mol. The average molecular weight is 163 g/mol. The minimum atomic E-state index is -0.991. The van der Waals surface area contributed by atoms with E-state index < -0.39 is 17.7 Å². The maximum atomic E-state index is 9.30. The highest BCUT2D eigenvalue weighted by Gasteiger charge is 2.28. The van der Waals surface area contributed by atoms with Crippen LogP contribution in [0, 0.1) is 0 Å². The van der Waals surface area contributed by atoms with E-state index in [2.05, 4.69) is 0 Å². The van der Waals surface area contributed by atoms with Crippen molar-refractivity contribution < 1.29 is 15.3 Å². The summed E-state index contributed by atoms with van der Waals surface area (Å²) in [5.74, 6) is 0. The van der Waals surface area contributed by atoms with Gasteiger partial charge in [-0.2, -0.15) is 0 Å². The molecule has 4 heteroatoms. The lowest BCUT2D eigenvalue weighted by atomic mass is 9.93. The van der Waals surface area contributed by atoms with Gasteiger partial charge in [-0.15, -0.1) is 0 Å². The summed E-state index contributed by atoms with van der Waals surface area (Å²) in [6.07, 6.45) is -1.78. The fourth-order valence-corrected chi connectivity index (χ4v) is 0.786. The van der Waals surface area contributed by atoms with Crippen molar-refractivity contribution in [1.29, 1.82) is 0 Å². The Morgan fingerprint density at radius 2 is 1.82 bits per heavy atom. The Bertz CT molecular complexity index is 111. The molecule has 68 valence electrons. The molecule has 0 saturated carbocycles. The minimum absolute atomic E-state index is 0.145. The van der Waals surface area contributed by atoms with Crippen LogP contribution in [0.4, 0.5) is 0 Å². The largest absolute Gasteiger partial charge is 0.396 e. The third kappa shape index (κ3) is 3.67.